The molecule has 2 heteroatoms. The van der Waals surface area contributed by atoms with Gasteiger partial charge in [0.25, 0.3) is 0 Å². The molecule has 0 heterocycles. The molecule has 0 aliphatic rings. The fourth-order valence-corrected chi connectivity index (χ4v) is 2.38. The molecule has 2 aromatic carbocycles. The van der Waals surface area contributed by atoms with E-state index in [4.69, 9.17) is 9.47 Å². The second kappa shape index (κ2) is 6.87. The van der Waals surface area contributed by atoms with Crippen molar-refractivity contribution in [3.05, 3.63) is 59.2 Å². The molecule has 0 radical (unpaired) electrons. The van der Waals surface area contributed by atoms with Crippen LogP contribution in [-0.2, 0) is 5.41 Å². The first-order valence-corrected chi connectivity index (χ1v) is 7.80. The van der Waals surface area contributed by atoms with Crippen LogP contribution in [0.3, 0.4) is 0 Å². The van der Waals surface area contributed by atoms with Crippen molar-refractivity contribution < 1.29 is 9.47 Å². The number of aryl methyl sites for hydroxylation is 2. The minimum Gasteiger partial charge on any atom is -0.490 e. The molecule has 0 N–H and O–H groups in total. The van der Waals surface area contributed by atoms with Gasteiger partial charge in [0.2, 0.25) is 0 Å². The van der Waals surface area contributed by atoms with Gasteiger partial charge >= 0.3 is 0 Å². The van der Waals surface area contributed by atoms with Crippen LogP contribution in [0.5, 0.6) is 11.5 Å². The van der Waals surface area contributed by atoms with Crippen LogP contribution in [0.15, 0.2) is 42.5 Å². The van der Waals surface area contributed by atoms with E-state index in [9.17, 15) is 0 Å². The lowest BCUT2D eigenvalue weighted by Crippen LogP contribution is -2.12. The minimum atomic E-state index is 0.171. The van der Waals surface area contributed by atoms with E-state index in [1.54, 1.807) is 0 Å². The van der Waals surface area contributed by atoms with Crippen LogP contribution in [0.1, 0.15) is 37.5 Å². The zero-order chi connectivity index (χ0) is 16.2. The third-order valence-electron chi connectivity index (χ3n) is 3.73. The Balaban J connectivity index is 1.84. The first-order valence-electron chi connectivity index (χ1n) is 7.80. The average Bonchev–Trinajstić information content (AvgIpc) is 2.45. The monoisotopic (exact) mass is 298 g/mol. The maximum atomic E-state index is 5.84. The molecule has 0 saturated carbocycles. The summed E-state index contributed by atoms with van der Waals surface area (Å²) in [6.45, 7) is 11.8. The lowest BCUT2D eigenvalue weighted by molar-refractivity contribution is 0.215. The van der Waals surface area contributed by atoms with E-state index in [1.165, 1.54) is 5.56 Å². The molecule has 2 aromatic rings. The Morgan fingerprint density at radius 2 is 1.32 bits per heavy atom. The summed E-state index contributed by atoms with van der Waals surface area (Å²) in [6.07, 6.45) is 0. The molecule has 0 saturated heterocycles. The van der Waals surface area contributed by atoms with E-state index in [2.05, 4.69) is 58.9 Å². The van der Waals surface area contributed by atoms with E-state index in [-0.39, 0.29) is 5.41 Å². The first-order chi connectivity index (χ1) is 10.4. The van der Waals surface area contributed by atoms with Crippen molar-refractivity contribution in [3.8, 4) is 11.5 Å². The van der Waals surface area contributed by atoms with Gasteiger partial charge in [0.15, 0.2) is 0 Å². The van der Waals surface area contributed by atoms with Gasteiger partial charge in [-0.2, -0.15) is 0 Å². The van der Waals surface area contributed by atoms with Crippen molar-refractivity contribution >= 4 is 0 Å². The van der Waals surface area contributed by atoms with Gasteiger partial charge in [-0.3, -0.25) is 0 Å². The quantitative estimate of drug-likeness (QED) is 0.718. The largest absolute Gasteiger partial charge is 0.490 e. The van der Waals surface area contributed by atoms with Crippen molar-refractivity contribution in [3.63, 3.8) is 0 Å². The van der Waals surface area contributed by atoms with Crippen molar-refractivity contribution in [1.82, 2.24) is 0 Å². The number of benzene rings is 2. The molecule has 0 unspecified atom stereocenters. The third-order valence-corrected chi connectivity index (χ3v) is 3.73. The Labute approximate surface area is 134 Å². The number of ether oxygens (including phenoxy) is 2. The Kier molecular flexibility index (Phi) is 5.12. The van der Waals surface area contributed by atoms with Crippen molar-refractivity contribution in [1.29, 1.82) is 0 Å². The molecule has 0 aromatic heterocycles. The predicted molar refractivity (Wildman–Crippen MR) is 92.0 cm³/mol. The van der Waals surface area contributed by atoms with E-state index in [1.807, 2.05) is 18.2 Å². The summed E-state index contributed by atoms with van der Waals surface area (Å²) in [7, 11) is 0. The van der Waals surface area contributed by atoms with E-state index >= 15 is 0 Å². The Morgan fingerprint density at radius 1 is 0.773 bits per heavy atom. The van der Waals surface area contributed by atoms with Gasteiger partial charge < -0.3 is 9.47 Å². The predicted octanol–water partition coefficient (Wildman–Crippen LogP) is 5.06. The lowest BCUT2D eigenvalue weighted by Gasteiger charge is -2.19. The fourth-order valence-electron chi connectivity index (χ4n) is 2.38. The minimum absolute atomic E-state index is 0.171. The van der Waals surface area contributed by atoms with Gasteiger partial charge in [-0.05, 0) is 48.1 Å². The van der Waals surface area contributed by atoms with Gasteiger partial charge in [-0.15, -0.1) is 0 Å². The molecule has 0 amide bonds. The lowest BCUT2D eigenvalue weighted by atomic mass is 9.87. The van der Waals surface area contributed by atoms with Gasteiger partial charge in [-0.25, -0.2) is 0 Å². The van der Waals surface area contributed by atoms with Crippen molar-refractivity contribution in [2.45, 2.75) is 40.0 Å². The highest BCUT2D eigenvalue weighted by atomic mass is 16.5. The van der Waals surface area contributed by atoms with Crippen LogP contribution in [0, 0.1) is 13.8 Å². The summed E-state index contributed by atoms with van der Waals surface area (Å²) in [5.41, 5.74) is 3.81. The molecule has 0 aliphatic heterocycles. The molecule has 2 rings (SSSR count). The zero-order valence-corrected chi connectivity index (χ0v) is 14.3. The summed E-state index contributed by atoms with van der Waals surface area (Å²) >= 11 is 0. The van der Waals surface area contributed by atoms with Gasteiger partial charge in [0, 0.05) is 0 Å². The van der Waals surface area contributed by atoms with Crippen molar-refractivity contribution in [2.75, 3.05) is 13.2 Å². The van der Waals surface area contributed by atoms with Crippen LogP contribution in [0.4, 0.5) is 0 Å². The second-order valence-electron chi connectivity index (χ2n) is 6.69. The molecule has 0 spiro atoms. The highest BCUT2D eigenvalue weighted by Gasteiger charge is 2.12. The Bertz CT molecular complexity index is 586. The molecule has 2 nitrogen and oxygen atoms in total. The maximum Gasteiger partial charge on any atom is 0.125 e. The van der Waals surface area contributed by atoms with E-state index in [0.717, 1.165) is 22.6 Å². The summed E-state index contributed by atoms with van der Waals surface area (Å²) in [5, 5.41) is 0. The summed E-state index contributed by atoms with van der Waals surface area (Å²) in [4.78, 5) is 0. The number of para-hydroxylation sites is 1. The summed E-state index contributed by atoms with van der Waals surface area (Å²) in [6, 6.07) is 14.5. The van der Waals surface area contributed by atoms with Crippen LogP contribution in [0.25, 0.3) is 0 Å². The molecule has 0 fully saturated rings. The van der Waals surface area contributed by atoms with Crippen molar-refractivity contribution in [2.24, 2.45) is 0 Å². The highest BCUT2D eigenvalue weighted by Crippen LogP contribution is 2.24. The molecule has 0 atom stereocenters. The molecule has 0 bridgehead atoms. The molecular formula is C20H26O2. The number of hydrogen-bond donors (Lipinski definition) is 0. The van der Waals surface area contributed by atoms with Crippen LogP contribution in [-0.4, -0.2) is 13.2 Å². The van der Waals surface area contributed by atoms with Gasteiger partial charge in [0.05, 0.1) is 0 Å². The Hall–Kier alpha value is -1.96. The second-order valence-corrected chi connectivity index (χ2v) is 6.69. The smallest absolute Gasteiger partial charge is 0.125 e. The summed E-state index contributed by atoms with van der Waals surface area (Å²) < 4.78 is 11.6. The SMILES string of the molecule is Cc1cccc(C)c1OCCOc1ccc(C(C)(C)C)cc1. The highest BCUT2D eigenvalue weighted by molar-refractivity contribution is 5.39. The molecular weight excluding hydrogens is 272 g/mol. The van der Waals surface area contributed by atoms with Gasteiger partial charge in [0.1, 0.15) is 24.7 Å². The first kappa shape index (κ1) is 16.4. The number of rotatable bonds is 5. The maximum absolute atomic E-state index is 5.84. The molecule has 118 valence electrons. The normalized spacial score (nSPS) is 11.3. The topological polar surface area (TPSA) is 18.5 Å². The van der Waals surface area contributed by atoms with Crippen LogP contribution in [0.2, 0.25) is 0 Å². The number of hydrogen-bond acceptors (Lipinski definition) is 2. The van der Waals surface area contributed by atoms with Gasteiger partial charge in [-0.1, -0.05) is 51.1 Å². The Morgan fingerprint density at radius 3 is 1.86 bits per heavy atom. The van der Waals surface area contributed by atoms with E-state index < -0.39 is 0 Å². The average molecular weight is 298 g/mol. The fraction of sp³-hybridized carbons (Fsp3) is 0.400. The van der Waals surface area contributed by atoms with E-state index in [0.29, 0.717) is 13.2 Å². The summed E-state index contributed by atoms with van der Waals surface area (Å²) in [5.74, 6) is 1.85. The standard InChI is InChI=1S/C20H26O2/c1-15-7-6-8-16(2)19(15)22-14-13-21-18-11-9-17(10-12-18)20(3,4)5/h6-12H,13-14H2,1-5H3. The zero-order valence-electron chi connectivity index (χ0n) is 14.3. The molecule has 0 aliphatic carbocycles. The van der Waals surface area contributed by atoms with Crippen LogP contribution >= 0.6 is 0 Å². The van der Waals surface area contributed by atoms with Crippen LogP contribution < -0.4 is 9.47 Å². The molecule has 22 heavy (non-hydrogen) atoms. The third kappa shape index (κ3) is 4.27.